The highest BCUT2D eigenvalue weighted by Crippen LogP contribution is 2.20. The molecule has 0 unspecified atom stereocenters. The number of fused-ring (bicyclic) bond motifs is 4. The predicted molar refractivity (Wildman–Crippen MR) is 332 cm³/mol. The zero-order valence-corrected chi connectivity index (χ0v) is 49.5. The summed E-state index contributed by atoms with van der Waals surface area (Å²) >= 11 is 0. The first-order valence-electron chi connectivity index (χ1n) is 27.5. The lowest BCUT2D eigenvalue weighted by Crippen LogP contribution is -2.40. The second-order valence-corrected chi connectivity index (χ2v) is 22.4. The highest BCUT2D eigenvalue weighted by atomic mass is 16.7. The maximum absolute atomic E-state index is 13.0. The van der Waals surface area contributed by atoms with Crippen molar-refractivity contribution in [3.05, 3.63) is 241 Å². The second kappa shape index (κ2) is 30.8. The van der Waals surface area contributed by atoms with E-state index in [9.17, 15) is 24.4 Å². The van der Waals surface area contributed by atoms with E-state index in [1.165, 1.54) is 5.06 Å². The van der Waals surface area contributed by atoms with Gasteiger partial charge in [-0.15, -0.1) is 0 Å². The number of nitrogens with two attached hydrogens (primary N) is 1. The van der Waals surface area contributed by atoms with Crippen LogP contribution in [0.4, 0.5) is 0 Å². The fourth-order valence-electron chi connectivity index (χ4n) is 7.70. The van der Waals surface area contributed by atoms with Gasteiger partial charge in [0.2, 0.25) is 0 Å². The number of nitrogens with zero attached hydrogens (tertiary/aromatic N) is 6. The van der Waals surface area contributed by atoms with Crippen LogP contribution in [0.3, 0.4) is 0 Å². The number of aromatic nitrogens is 4. The molecule has 10 aromatic rings. The van der Waals surface area contributed by atoms with Crippen LogP contribution in [0.15, 0.2) is 207 Å². The summed E-state index contributed by atoms with van der Waals surface area (Å²) < 4.78 is 0. The van der Waals surface area contributed by atoms with Crippen molar-refractivity contribution in [3.8, 4) is 0 Å². The smallest absolute Gasteiger partial charge is 0.354 e. The van der Waals surface area contributed by atoms with Crippen LogP contribution in [-0.4, -0.2) is 94.0 Å². The van der Waals surface area contributed by atoms with Gasteiger partial charge in [-0.3, -0.25) is 49.1 Å². The van der Waals surface area contributed by atoms with E-state index in [0.29, 0.717) is 24.4 Å². The molecule has 0 fully saturated rings. The summed E-state index contributed by atoms with van der Waals surface area (Å²) in [5.74, 6) is 2.77. The molecule has 0 saturated carbocycles. The second-order valence-electron chi connectivity index (χ2n) is 22.4. The van der Waals surface area contributed by atoms with Crippen LogP contribution in [0.5, 0.6) is 0 Å². The number of amides is 3. The molecule has 0 aliphatic rings. The summed E-state index contributed by atoms with van der Waals surface area (Å²) in [5, 5.41) is 28.5. The molecule has 0 aliphatic carbocycles. The van der Waals surface area contributed by atoms with Gasteiger partial charge < -0.3 is 5.11 Å². The zero-order chi connectivity index (χ0) is 61.6. The van der Waals surface area contributed by atoms with Crippen molar-refractivity contribution in [2.24, 2.45) is 5.90 Å². The molecule has 5 N–H and O–H groups in total. The summed E-state index contributed by atoms with van der Waals surface area (Å²) in [7, 11) is 0. The van der Waals surface area contributed by atoms with Crippen molar-refractivity contribution < 1.29 is 44.0 Å². The van der Waals surface area contributed by atoms with Gasteiger partial charge in [-0.1, -0.05) is 158 Å². The van der Waals surface area contributed by atoms with Crippen LogP contribution < -0.4 is 11.4 Å². The summed E-state index contributed by atoms with van der Waals surface area (Å²) in [6, 6.07) is 57.5. The van der Waals surface area contributed by atoms with E-state index in [4.69, 9.17) is 20.7 Å². The van der Waals surface area contributed by atoms with E-state index < -0.39 is 23.1 Å². The van der Waals surface area contributed by atoms with Gasteiger partial charge in [0.25, 0.3) is 17.7 Å². The van der Waals surface area contributed by atoms with Crippen LogP contribution in [0, 0.1) is 0 Å². The summed E-state index contributed by atoms with van der Waals surface area (Å²) in [6.07, 6.45) is 7.94. The molecule has 4 heterocycles. The molecule has 6 aromatic carbocycles. The quantitative estimate of drug-likeness (QED) is 0.0658. The predicted octanol–water partition coefficient (Wildman–Crippen LogP) is 13.3. The standard InChI is InChI=1S/C22H24N2O2.C18H16N2O2.C14H16N2O2.C10H7NO2.C4H11NO/c1-22(2,3)26-24(14-13-17-9-5-4-6-10-17)21(25)20-15-18-11-7-8-12-19(18)16-23-20;21-18(20(22)11-10-14-6-2-1-3-7-14)17-12-15-8-4-5-9-16(15)13-19-17;1-14(2,3)18-16-13(17)12-8-10-6-4-5-7-11(10)9-15-12;12-10(13)9-5-7-3-1-2-4-8(7)6-11-9;1-4(2,3)6-5/h4-12,15-16H,13-14H2,1-3H3;1-9,12-13,22H,10-11H2;4-9H,1-3H3,(H,16,17);1-6H,(H,12,13);5H2,1-3H3. The molecular weight excluding hydrogens is 1070 g/mol. The number of hydrogen-bond acceptors (Lipinski definition) is 13. The van der Waals surface area contributed by atoms with Gasteiger partial charge in [0.15, 0.2) is 0 Å². The van der Waals surface area contributed by atoms with E-state index >= 15 is 0 Å². The Morgan fingerprint density at radius 2 is 0.776 bits per heavy atom. The van der Waals surface area contributed by atoms with Gasteiger partial charge in [0, 0.05) is 46.3 Å². The molecule has 0 saturated heterocycles. The number of nitrogens with one attached hydrogen (secondary N) is 1. The first kappa shape index (κ1) is 64.8. The van der Waals surface area contributed by atoms with Crippen molar-refractivity contribution in [2.45, 2.75) is 92.0 Å². The Morgan fingerprint density at radius 1 is 0.447 bits per heavy atom. The van der Waals surface area contributed by atoms with Crippen LogP contribution >= 0.6 is 0 Å². The van der Waals surface area contributed by atoms with Crippen molar-refractivity contribution in [2.75, 3.05) is 13.1 Å². The number of hydroxylamine groups is 5. The minimum atomic E-state index is -0.995. The SMILES string of the molecule is CC(C)(C)ON.CC(C)(C)ON(CCc1ccccc1)C(=O)c1cc2ccccc2cn1.CC(C)(C)ONC(=O)c1cc2ccccc2cn1.O=C(O)c1cc2ccccc2cn1.O=C(c1cc2ccccc2cn1)N(O)CCc1ccccc1. The highest BCUT2D eigenvalue weighted by Gasteiger charge is 2.25. The van der Waals surface area contributed by atoms with Crippen molar-refractivity contribution >= 4 is 66.8 Å². The molecule has 440 valence electrons. The Labute approximate surface area is 495 Å². The third kappa shape index (κ3) is 21.7. The van der Waals surface area contributed by atoms with Gasteiger partial charge in [0.1, 0.15) is 22.8 Å². The van der Waals surface area contributed by atoms with E-state index in [2.05, 4.69) is 30.3 Å². The number of carboxylic acid groups (broad SMARTS) is 1. The lowest BCUT2D eigenvalue weighted by Gasteiger charge is -2.29. The molecule has 0 radical (unpaired) electrons. The molecule has 0 atom stereocenters. The third-order valence-corrected chi connectivity index (χ3v) is 12.0. The Hall–Kier alpha value is -9.36. The minimum absolute atomic E-state index is 0.0821. The Bertz CT molecular complexity index is 3790. The topological polar surface area (TPSA) is 233 Å². The number of carboxylic acids is 1. The molecule has 0 spiro atoms. The number of pyridine rings is 4. The molecule has 17 heteroatoms. The fourth-order valence-corrected chi connectivity index (χ4v) is 7.70. The number of rotatable bonds is 12. The van der Waals surface area contributed by atoms with Crippen LogP contribution in [-0.2, 0) is 27.4 Å². The molecule has 3 amide bonds. The molecule has 0 aliphatic heterocycles. The van der Waals surface area contributed by atoms with Gasteiger partial charge in [-0.2, -0.15) is 0 Å². The van der Waals surface area contributed by atoms with Gasteiger partial charge in [0.05, 0.1) is 29.9 Å². The van der Waals surface area contributed by atoms with E-state index in [0.717, 1.165) is 65.7 Å². The summed E-state index contributed by atoms with van der Waals surface area (Å²) in [4.78, 5) is 79.7. The molecule has 85 heavy (non-hydrogen) atoms. The lowest BCUT2D eigenvalue weighted by atomic mass is 10.1. The summed E-state index contributed by atoms with van der Waals surface area (Å²) in [5.41, 5.74) is 4.62. The van der Waals surface area contributed by atoms with Gasteiger partial charge in [-0.25, -0.2) is 31.3 Å². The van der Waals surface area contributed by atoms with E-state index in [1.807, 2.05) is 226 Å². The average molecular weight is 1150 g/mol. The first-order valence-corrected chi connectivity index (χ1v) is 27.5. The molecular formula is C68H74N8O9. The van der Waals surface area contributed by atoms with Crippen LogP contribution in [0.1, 0.15) is 115 Å². The van der Waals surface area contributed by atoms with Crippen molar-refractivity contribution in [1.82, 2.24) is 35.5 Å². The number of hydrogen-bond donors (Lipinski definition) is 4. The number of carbonyl (C=O) groups is 4. The maximum atomic E-state index is 13.0. The normalized spacial score (nSPS) is 11.1. The Kier molecular flexibility index (Phi) is 23.5. The van der Waals surface area contributed by atoms with Crippen LogP contribution in [0.2, 0.25) is 0 Å². The minimum Gasteiger partial charge on any atom is -0.477 e. The first-order chi connectivity index (χ1) is 40.4. The largest absolute Gasteiger partial charge is 0.477 e. The zero-order valence-electron chi connectivity index (χ0n) is 49.5. The monoisotopic (exact) mass is 1150 g/mol. The van der Waals surface area contributed by atoms with Crippen LogP contribution in [0.25, 0.3) is 43.1 Å². The summed E-state index contributed by atoms with van der Waals surface area (Å²) in [6.45, 7) is 17.8. The van der Waals surface area contributed by atoms with Crippen molar-refractivity contribution in [1.29, 1.82) is 0 Å². The average Bonchev–Trinajstić information content (AvgIpc) is 3.71. The van der Waals surface area contributed by atoms with Crippen molar-refractivity contribution in [3.63, 3.8) is 0 Å². The van der Waals surface area contributed by atoms with Gasteiger partial charge >= 0.3 is 5.97 Å². The highest BCUT2D eigenvalue weighted by molar-refractivity contribution is 5.97. The molecule has 17 nitrogen and oxygen atoms in total. The third-order valence-electron chi connectivity index (χ3n) is 12.0. The fraction of sp³-hybridized carbons (Fsp3) is 0.235. The number of aromatic carboxylic acids is 1. The molecule has 0 bridgehead atoms. The molecule has 10 rings (SSSR count). The van der Waals surface area contributed by atoms with E-state index in [1.54, 1.807) is 43.0 Å². The Morgan fingerprint density at radius 3 is 1.15 bits per heavy atom. The number of benzene rings is 6. The molecule has 4 aromatic heterocycles. The van der Waals surface area contributed by atoms with Gasteiger partial charge in [-0.05, 0) is 132 Å². The Balaban J connectivity index is 0.000000180. The maximum Gasteiger partial charge on any atom is 0.354 e. The number of carbonyl (C=O) groups excluding carboxylic acids is 3. The van der Waals surface area contributed by atoms with E-state index in [-0.39, 0.29) is 35.3 Å². The lowest BCUT2D eigenvalue weighted by molar-refractivity contribution is -0.195.